The number of hydrogen-bond acceptors (Lipinski definition) is 1. The van der Waals surface area contributed by atoms with Crippen LogP contribution in [0.3, 0.4) is 0 Å². The maximum Gasteiger partial charge on any atom is 0.119 e. The standard InChI is InChI=1S/C10H10BBrO/c1-10(2-3-10)7-4-6(12)5-8(11)9(7)13/h4-5,13H,2-3H2,1H3. The van der Waals surface area contributed by atoms with Gasteiger partial charge in [0.25, 0.3) is 0 Å². The number of phenols is 1. The third kappa shape index (κ3) is 1.50. The number of hydrogen-bond donors (Lipinski definition) is 1. The summed E-state index contributed by atoms with van der Waals surface area (Å²) in [6.45, 7) is 2.15. The van der Waals surface area contributed by atoms with Crippen LogP contribution in [-0.2, 0) is 5.41 Å². The highest BCUT2D eigenvalue weighted by Gasteiger charge is 2.41. The molecule has 3 heteroatoms. The van der Waals surface area contributed by atoms with E-state index in [1.54, 1.807) is 6.07 Å². The molecule has 1 aliphatic rings. The fourth-order valence-corrected chi connectivity index (χ4v) is 2.01. The van der Waals surface area contributed by atoms with E-state index in [9.17, 15) is 5.11 Å². The van der Waals surface area contributed by atoms with Gasteiger partial charge in [-0.3, -0.25) is 0 Å². The minimum Gasteiger partial charge on any atom is -0.508 e. The molecular weight excluding hydrogens is 227 g/mol. The van der Waals surface area contributed by atoms with Crippen LogP contribution >= 0.6 is 15.9 Å². The molecule has 0 aliphatic heterocycles. The predicted octanol–water partition coefficient (Wildman–Crippen LogP) is 2.00. The van der Waals surface area contributed by atoms with Crippen molar-refractivity contribution < 1.29 is 5.11 Å². The molecule has 0 saturated heterocycles. The van der Waals surface area contributed by atoms with E-state index in [2.05, 4.69) is 22.9 Å². The molecule has 0 spiro atoms. The average Bonchev–Trinajstić information content (AvgIpc) is 2.77. The first-order chi connectivity index (χ1) is 6.03. The number of halogens is 1. The first-order valence-electron chi connectivity index (χ1n) is 4.31. The Bertz CT molecular complexity index is 358. The Morgan fingerprint density at radius 2 is 2.08 bits per heavy atom. The maximum atomic E-state index is 9.75. The molecule has 1 aromatic rings. The molecule has 13 heavy (non-hydrogen) atoms. The zero-order chi connectivity index (χ0) is 9.64. The highest BCUT2D eigenvalue weighted by molar-refractivity contribution is 9.10. The van der Waals surface area contributed by atoms with Gasteiger partial charge in [0.05, 0.1) is 0 Å². The molecule has 0 bridgehead atoms. The fourth-order valence-electron chi connectivity index (χ4n) is 1.54. The van der Waals surface area contributed by atoms with Gasteiger partial charge in [0.2, 0.25) is 0 Å². The molecule has 2 rings (SSSR count). The van der Waals surface area contributed by atoms with E-state index in [0.717, 1.165) is 22.9 Å². The van der Waals surface area contributed by atoms with E-state index in [1.807, 2.05) is 6.07 Å². The number of rotatable bonds is 1. The third-order valence-electron chi connectivity index (χ3n) is 2.75. The summed E-state index contributed by atoms with van der Waals surface area (Å²) in [4.78, 5) is 0. The Hall–Kier alpha value is -0.435. The van der Waals surface area contributed by atoms with Crippen LogP contribution in [0.15, 0.2) is 16.6 Å². The van der Waals surface area contributed by atoms with Crippen molar-refractivity contribution in [3.8, 4) is 5.75 Å². The van der Waals surface area contributed by atoms with Crippen molar-refractivity contribution >= 4 is 29.2 Å². The SMILES string of the molecule is [B]c1cc(Br)cc(C2(C)CC2)c1O. The molecule has 2 radical (unpaired) electrons. The molecule has 0 aromatic heterocycles. The monoisotopic (exact) mass is 236 g/mol. The van der Waals surface area contributed by atoms with Gasteiger partial charge in [-0.1, -0.05) is 34.4 Å². The van der Waals surface area contributed by atoms with Crippen LogP contribution in [0.4, 0.5) is 0 Å². The molecule has 66 valence electrons. The van der Waals surface area contributed by atoms with E-state index < -0.39 is 0 Å². The Labute approximate surface area is 87.7 Å². The highest BCUT2D eigenvalue weighted by atomic mass is 79.9. The van der Waals surface area contributed by atoms with Crippen molar-refractivity contribution in [3.63, 3.8) is 0 Å². The van der Waals surface area contributed by atoms with E-state index in [0.29, 0.717) is 5.46 Å². The molecule has 1 N–H and O–H groups in total. The van der Waals surface area contributed by atoms with E-state index in [-0.39, 0.29) is 11.2 Å². The molecule has 1 aliphatic carbocycles. The number of phenolic OH excluding ortho intramolecular Hbond substituents is 1. The van der Waals surface area contributed by atoms with Crippen LogP contribution in [0.1, 0.15) is 25.3 Å². The topological polar surface area (TPSA) is 20.2 Å². The summed E-state index contributed by atoms with van der Waals surface area (Å²) >= 11 is 3.38. The smallest absolute Gasteiger partial charge is 0.119 e. The van der Waals surface area contributed by atoms with E-state index >= 15 is 0 Å². The van der Waals surface area contributed by atoms with Crippen molar-refractivity contribution in [2.75, 3.05) is 0 Å². The van der Waals surface area contributed by atoms with Crippen LogP contribution in [0, 0.1) is 0 Å². The largest absolute Gasteiger partial charge is 0.508 e. The van der Waals surface area contributed by atoms with E-state index in [4.69, 9.17) is 7.85 Å². The van der Waals surface area contributed by atoms with Gasteiger partial charge < -0.3 is 5.11 Å². The molecule has 0 heterocycles. The lowest BCUT2D eigenvalue weighted by molar-refractivity contribution is 0.466. The fraction of sp³-hybridized carbons (Fsp3) is 0.400. The van der Waals surface area contributed by atoms with Gasteiger partial charge in [0.1, 0.15) is 13.6 Å². The highest BCUT2D eigenvalue weighted by Crippen LogP contribution is 2.50. The Morgan fingerprint density at radius 1 is 1.46 bits per heavy atom. The van der Waals surface area contributed by atoms with Crippen LogP contribution in [0.2, 0.25) is 0 Å². The quantitative estimate of drug-likeness (QED) is 0.740. The van der Waals surface area contributed by atoms with Crippen molar-refractivity contribution in [1.29, 1.82) is 0 Å². The van der Waals surface area contributed by atoms with Gasteiger partial charge in [-0.15, -0.1) is 0 Å². The van der Waals surface area contributed by atoms with Crippen LogP contribution in [0.25, 0.3) is 0 Å². The van der Waals surface area contributed by atoms with Gasteiger partial charge in [-0.2, -0.15) is 0 Å². The minimum absolute atomic E-state index is 0.155. The minimum atomic E-state index is 0.155. The van der Waals surface area contributed by atoms with Crippen molar-refractivity contribution in [1.82, 2.24) is 0 Å². The second-order valence-electron chi connectivity index (χ2n) is 3.95. The molecule has 0 amide bonds. The molecule has 1 aromatic carbocycles. The molecular formula is C10H10BBrO. The number of aromatic hydroxyl groups is 1. The summed E-state index contributed by atoms with van der Waals surface area (Å²) in [5.41, 5.74) is 1.58. The summed E-state index contributed by atoms with van der Waals surface area (Å²) in [5.74, 6) is 0.253. The second-order valence-corrected chi connectivity index (χ2v) is 4.87. The molecule has 0 unspecified atom stereocenters. The molecule has 1 fully saturated rings. The summed E-state index contributed by atoms with van der Waals surface area (Å²) < 4.78 is 0.936. The summed E-state index contributed by atoms with van der Waals surface area (Å²) in [5, 5.41) is 9.75. The van der Waals surface area contributed by atoms with Gasteiger partial charge in [0.15, 0.2) is 0 Å². The van der Waals surface area contributed by atoms with Crippen molar-refractivity contribution in [2.45, 2.75) is 25.2 Å². The Kier molecular flexibility index (Phi) is 1.95. The summed E-state index contributed by atoms with van der Waals surface area (Å²) in [7, 11) is 5.67. The van der Waals surface area contributed by atoms with Crippen LogP contribution in [0.5, 0.6) is 5.75 Å². The molecule has 1 saturated carbocycles. The predicted molar refractivity (Wildman–Crippen MR) is 57.8 cm³/mol. The zero-order valence-corrected chi connectivity index (χ0v) is 9.06. The average molecular weight is 237 g/mol. The van der Waals surface area contributed by atoms with Crippen LogP contribution in [-0.4, -0.2) is 13.0 Å². The molecule has 1 nitrogen and oxygen atoms in total. The Morgan fingerprint density at radius 3 is 2.62 bits per heavy atom. The van der Waals surface area contributed by atoms with Gasteiger partial charge >= 0.3 is 0 Å². The van der Waals surface area contributed by atoms with Gasteiger partial charge in [-0.05, 0) is 24.3 Å². The third-order valence-corrected chi connectivity index (χ3v) is 3.21. The lowest BCUT2D eigenvalue weighted by Crippen LogP contribution is -2.10. The van der Waals surface area contributed by atoms with Gasteiger partial charge in [-0.25, -0.2) is 0 Å². The van der Waals surface area contributed by atoms with Crippen molar-refractivity contribution in [3.05, 3.63) is 22.2 Å². The number of benzene rings is 1. The lowest BCUT2D eigenvalue weighted by Gasteiger charge is -2.13. The second kappa shape index (κ2) is 2.78. The van der Waals surface area contributed by atoms with E-state index in [1.165, 1.54) is 0 Å². The van der Waals surface area contributed by atoms with Crippen molar-refractivity contribution in [2.24, 2.45) is 0 Å². The first kappa shape index (κ1) is 9.13. The Balaban J connectivity index is 2.56. The normalized spacial score (nSPS) is 18.6. The van der Waals surface area contributed by atoms with Crippen LogP contribution < -0.4 is 5.46 Å². The van der Waals surface area contributed by atoms with Gasteiger partial charge in [0, 0.05) is 10.0 Å². The maximum absolute atomic E-state index is 9.75. The lowest BCUT2D eigenvalue weighted by atomic mass is 9.87. The summed E-state index contributed by atoms with van der Waals surface area (Å²) in [6.07, 6.45) is 2.27. The molecule has 0 atom stereocenters. The zero-order valence-electron chi connectivity index (χ0n) is 7.47. The summed E-state index contributed by atoms with van der Waals surface area (Å²) in [6, 6.07) is 3.68. The first-order valence-corrected chi connectivity index (χ1v) is 5.11.